The van der Waals surface area contributed by atoms with Crippen LogP contribution in [0.3, 0.4) is 0 Å². The van der Waals surface area contributed by atoms with E-state index in [2.05, 4.69) is 67.5 Å². The van der Waals surface area contributed by atoms with Gasteiger partial charge in [0.2, 0.25) is 5.91 Å². The van der Waals surface area contributed by atoms with Gasteiger partial charge in [0.15, 0.2) is 0 Å². The molecule has 0 saturated carbocycles. The van der Waals surface area contributed by atoms with Crippen LogP contribution in [0.25, 0.3) is 0 Å². The van der Waals surface area contributed by atoms with Crippen LogP contribution in [0.1, 0.15) is 65.9 Å². The highest BCUT2D eigenvalue weighted by molar-refractivity contribution is 5.95. The Morgan fingerprint density at radius 2 is 1.87 bits per heavy atom. The van der Waals surface area contributed by atoms with Crippen molar-refractivity contribution in [3.05, 3.63) is 47.3 Å². The van der Waals surface area contributed by atoms with E-state index in [1.165, 1.54) is 0 Å². The standard InChI is InChI=1S/C35H54F3N6O2/c1-8-10-12-33(39-15-11-16-43-30-18-28(34(43)45)22-46-23-30)31(35(36,37)38)19-40-26(5)41-32-14-13-29(17-27(32)9-2)42-20-24(3)44(6,7)25(4)21-42/h12-14,17,19,24-25,28,30,39H,8-11,15-16,18,20-23H2,1-7H3,(H,40,41)/q+1/b31-19+,33-12-/t24-,25?,28?,30?/m1/s1. The van der Waals surface area contributed by atoms with E-state index in [-0.39, 0.29) is 23.6 Å². The molecule has 4 rings (SSSR count). The Morgan fingerprint density at radius 3 is 2.50 bits per heavy atom. The average molecular weight is 648 g/mol. The van der Waals surface area contributed by atoms with E-state index in [0.29, 0.717) is 63.5 Å². The number of likely N-dealkylation sites (tertiary alicyclic amines) is 1. The highest BCUT2D eigenvalue weighted by Gasteiger charge is 2.42. The quantitative estimate of drug-likeness (QED) is 0.0943. The molecule has 4 atom stereocenters. The number of quaternary nitrogens is 1. The Balaban J connectivity index is 1.44. The summed E-state index contributed by atoms with van der Waals surface area (Å²) in [4.78, 5) is 21.1. The van der Waals surface area contributed by atoms with Gasteiger partial charge in [0.1, 0.15) is 17.9 Å². The van der Waals surface area contributed by atoms with Gasteiger partial charge in [-0.1, -0.05) is 26.3 Å². The maximum atomic E-state index is 14.4. The number of alkyl halides is 3. The van der Waals surface area contributed by atoms with E-state index in [1.54, 1.807) is 13.0 Å². The van der Waals surface area contributed by atoms with E-state index in [9.17, 15) is 18.0 Å². The first-order valence-corrected chi connectivity index (χ1v) is 16.9. The largest absolute Gasteiger partial charge is 0.419 e. The number of ether oxygens (including phenoxy) is 1. The van der Waals surface area contributed by atoms with Crippen molar-refractivity contribution in [2.75, 3.05) is 63.7 Å². The van der Waals surface area contributed by atoms with Gasteiger partial charge >= 0.3 is 6.18 Å². The lowest BCUT2D eigenvalue weighted by Crippen LogP contribution is -2.65. The van der Waals surface area contributed by atoms with Gasteiger partial charge < -0.3 is 29.7 Å². The predicted molar refractivity (Wildman–Crippen MR) is 180 cm³/mol. The molecule has 2 N–H and O–H groups in total. The number of carbonyl (C=O) groups excluding carboxylic acids is 1. The smallest absolute Gasteiger partial charge is 0.385 e. The lowest BCUT2D eigenvalue weighted by atomic mass is 10.0. The number of amides is 1. The van der Waals surface area contributed by atoms with Crippen LogP contribution in [0.2, 0.25) is 0 Å². The number of anilines is 2. The average Bonchev–Trinajstić information content (AvgIpc) is 3.21. The molecule has 0 aromatic heterocycles. The van der Waals surface area contributed by atoms with Crippen LogP contribution in [-0.4, -0.2) is 98.9 Å². The number of fused-ring (bicyclic) bond motifs is 2. The number of carbonyl (C=O) groups is 1. The molecular weight excluding hydrogens is 593 g/mol. The molecule has 256 valence electrons. The second-order valence-electron chi connectivity index (χ2n) is 13.6. The monoisotopic (exact) mass is 647 g/mol. The zero-order valence-corrected chi connectivity index (χ0v) is 28.7. The van der Waals surface area contributed by atoms with Gasteiger partial charge in [0, 0.05) is 36.4 Å². The van der Waals surface area contributed by atoms with Crippen molar-refractivity contribution < 1.29 is 27.2 Å². The topological polar surface area (TPSA) is 69.2 Å². The number of nitrogens with one attached hydrogen (secondary N) is 2. The fraction of sp³-hybridized carbons (Fsp3) is 0.657. The molecule has 1 amide bonds. The summed E-state index contributed by atoms with van der Waals surface area (Å²) in [6.45, 7) is 14.0. The SMILES string of the molecule is CCC/C=C(NCCCN1C(=O)C2COCC1C2)/C(=C\N=C(C)Nc1ccc(N2CC(C)[N+](C)(C)[C@H](C)C2)cc1CC)C(F)(F)F. The molecule has 0 aliphatic carbocycles. The first-order valence-electron chi connectivity index (χ1n) is 16.9. The predicted octanol–water partition coefficient (Wildman–Crippen LogP) is 6.11. The van der Waals surface area contributed by atoms with E-state index in [4.69, 9.17) is 4.74 Å². The first-order chi connectivity index (χ1) is 21.8. The van der Waals surface area contributed by atoms with Gasteiger partial charge in [-0.3, -0.25) is 4.79 Å². The number of unbranched alkanes of at least 4 members (excludes halogenated alkanes) is 1. The minimum Gasteiger partial charge on any atom is -0.385 e. The summed E-state index contributed by atoms with van der Waals surface area (Å²) >= 11 is 0. The molecular formula is C35H54F3N6O2+. The molecule has 3 saturated heterocycles. The molecule has 3 aliphatic heterocycles. The molecule has 46 heavy (non-hydrogen) atoms. The molecule has 0 radical (unpaired) electrons. The minimum atomic E-state index is -4.60. The molecule has 3 aliphatic rings. The van der Waals surface area contributed by atoms with Crippen LogP contribution in [-0.2, 0) is 16.0 Å². The molecule has 3 fully saturated rings. The van der Waals surface area contributed by atoms with Gasteiger partial charge in [-0.25, -0.2) is 4.99 Å². The zero-order valence-electron chi connectivity index (χ0n) is 28.7. The highest BCUT2D eigenvalue weighted by atomic mass is 19.4. The summed E-state index contributed by atoms with van der Waals surface area (Å²) in [5.41, 5.74) is 2.30. The third-order valence-corrected chi connectivity index (χ3v) is 10.2. The number of allylic oxidation sites excluding steroid dienone is 2. The Morgan fingerprint density at radius 1 is 1.15 bits per heavy atom. The fourth-order valence-corrected chi connectivity index (χ4v) is 6.60. The number of halogens is 3. The van der Waals surface area contributed by atoms with Crippen LogP contribution in [0.4, 0.5) is 24.5 Å². The van der Waals surface area contributed by atoms with Crippen molar-refractivity contribution in [3.63, 3.8) is 0 Å². The number of rotatable bonds is 12. The van der Waals surface area contributed by atoms with Crippen LogP contribution in [0.5, 0.6) is 0 Å². The molecule has 3 unspecified atom stereocenters. The number of amidine groups is 1. The van der Waals surface area contributed by atoms with E-state index < -0.39 is 11.7 Å². The Bertz CT molecular complexity index is 1290. The number of piperazine rings is 1. The van der Waals surface area contributed by atoms with Crippen molar-refractivity contribution in [2.24, 2.45) is 10.9 Å². The molecule has 11 heteroatoms. The molecule has 8 nitrogen and oxygen atoms in total. The zero-order chi connectivity index (χ0) is 33.6. The summed E-state index contributed by atoms with van der Waals surface area (Å²) in [7, 11) is 4.57. The van der Waals surface area contributed by atoms with Crippen LogP contribution >= 0.6 is 0 Å². The summed E-state index contributed by atoms with van der Waals surface area (Å²) in [5.74, 6) is 0.387. The van der Waals surface area contributed by atoms with Gasteiger partial charge in [0.25, 0.3) is 0 Å². The maximum absolute atomic E-state index is 14.4. The van der Waals surface area contributed by atoms with E-state index in [1.807, 2.05) is 17.9 Å². The van der Waals surface area contributed by atoms with Gasteiger partial charge in [-0.2, -0.15) is 13.2 Å². The van der Waals surface area contributed by atoms with Crippen molar-refractivity contribution in [2.45, 2.75) is 91.0 Å². The number of hydrogen-bond donors (Lipinski definition) is 2. The van der Waals surface area contributed by atoms with Crippen molar-refractivity contribution in [1.29, 1.82) is 0 Å². The van der Waals surface area contributed by atoms with E-state index in [0.717, 1.165) is 53.6 Å². The second-order valence-corrected chi connectivity index (χ2v) is 13.6. The third kappa shape index (κ3) is 8.45. The summed E-state index contributed by atoms with van der Waals surface area (Å²) < 4.78 is 49.6. The normalized spacial score (nSPS) is 25.7. The second kappa shape index (κ2) is 15.2. The summed E-state index contributed by atoms with van der Waals surface area (Å²) in [6, 6.07) is 7.33. The van der Waals surface area contributed by atoms with Crippen molar-refractivity contribution in [1.82, 2.24) is 10.2 Å². The highest BCUT2D eigenvalue weighted by Crippen LogP contribution is 2.33. The lowest BCUT2D eigenvalue weighted by molar-refractivity contribution is -0.935. The third-order valence-electron chi connectivity index (χ3n) is 10.2. The molecule has 3 heterocycles. The fourth-order valence-electron chi connectivity index (χ4n) is 6.60. The minimum absolute atomic E-state index is 0.0195. The van der Waals surface area contributed by atoms with Crippen LogP contribution < -0.4 is 15.5 Å². The van der Waals surface area contributed by atoms with Gasteiger partial charge in [-0.05, 0) is 70.2 Å². The number of hydrogen-bond acceptors (Lipinski definition) is 5. The number of likely N-dealkylation sites (N-methyl/N-ethyl adjacent to an activating group) is 1. The number of aryl methyl sites for hydroxylation is 1. The molecule has 1 aromatic rings. The van der Waals surface area contributed by atoms with Crippen molar-refractivity contribution >= 4 is 23.1 Å². The number of aliphatic imine (C=N–C) groups is 1. The summed E-state index contributed by atoms with van der Waals surface area (Å²) in [5, 5.41) is 6.25. The lowest BCUT2D eigenvalue weighted by Gasteiger charge is -2.49. The first kappa shape index (κ1) is 35.8. The van der Waals surface area contributed by atoms with Gasteiger partial charge in [0.05, 0.1) is 57.9 Å². The molecule has 2 bridgehead atoms. The summed E-state index contributed by atoms with van der Waals surface area (Å²) in [6.07, 6.45) is 1.25. The van der Waals surface area contributed by atoms with Crippen LogP contribution in [0, 0.1) is 5.92 Å². The van der Waals surface area contributed by atoms with Gasteiger partial charge in [-0.15, -0.1) is 0 Å². The van der Waals surface area contributed by atoms with Crippen molar-refractivity contribution in [3.8, 4) is 0 Å². The molecule has 0 spiro atoms. The maximum Gasteiger partial charge on any atom is 0.419 e. The van der Waals surface area contributed by atoms with Crippen LogP contribution in [0.15, 0.2) is 46.7 Å². The molecule has 1 aromatic carbocycles. The van der Waals surface area contributed by atoms with E-state index >= 15 is 0 Å². The Kier molecular flexibility index (Phi) is 11.9. The Hall–Kier alpha value is -3.05. The number of benzene rings is 1. The Labute approximate surface area is 273 Å². The number of nitrogens with zero attached hydrogens (tertiary/aromatic N) is 4.